The molecule has 1 aromatic carbocycles. The SMILES string of the molecule is CC(C)(C#N)C(=O)Nc1ccc(Cl)cc1I. The van der Waals surface area contributed by atoms with E-state index in [1.807, 2.05) is 6.07 Å². The van der Waals surface area contributed by atoms with Crippen molar-refractivity contribution in [3.63, 3.8) is 0 Å². The molecule has 0 aliphatic heterocycles. The van der Waals surface area contributed by atoms with Gasteiger partial charge >= 0.3 is 0 Å². The van der Waals surface area contributed by atoms with E-state index in [1.54, 1.807) is 32.0 Å². The molecule has 0 aromatic heterocycles. The van der Waals surface area contributed by atoms with Crippen molar-refractivity contribution in [3.05, 3.63) is 26.8 Å². The van der Waals surface area contributed by atoms with Gasteiger partial charge in [-0.1, -0.05) is 11.6 Å². The monoisotopic (exact) mass is 348 g/mol. The number of carbonyl (C=O) groups is 1. The third-order valence-electron chi connectivity index (χ3n) is 2.03. The normalized spacial score (nSPS) is 10.7. The molecule has 0 fully saturated rings. The van der Waals surface area contributed by atoms with E-state index in [0.29, 0.717) is 10.7 Å². The summed E-state index contributed by atoms with van der Waals surface area (Å²) < 4.78 is 0.840. The van der Waals surface area contributed by atoms with Crippen LogP contribution in [0.3, 0.4) is 0 Å². The topological polar surface area (TPSA) is 52.9 Å². The van der Waals surface area contributed by atoms with E-state index >= 15 is 0 Å². The number of amides is 1. The van der Waals surface area contributed by atoms with E-state index in [4.69, 9.17) is 16.9 Å². The minimum atomic E-state index is -1.04. The highest BCUT2D eigenvalue weighted by Gasteiger charge is 2.27. The maximum absolute atomic E-state index is 11.7. The Morgan fingerprint density at radius 2 is 2.19 bits per heavy atom. The van der Waals surface area contributed by atoms with Crippen molar-refractivity contribution >= 4 is 45.8 Å². The molecule has 0 saturated carbocycles. The van der Waals surface area contributed by atoms with Gasteiger partial charge in [0.05, 0.1) is 11.8 Å². The quantitative estimate of drug-likeness (QED) is 0.833. The lowest BCUT2D eigenvalue weighted by Gasteiger charge is -2.15. The van der Waals surface area contributed by atoms with E-state index in [2.05, 4.69) is 27.9 Å². The van der Waals surface area contributed by atoms with Crippen molar-refractivity contribution in [1.82, 2.24) is 0 Å². The van der Waals surface area contributed by atoms with Gasteiger partial charge in [0.15, 0.2) is 0 Å². The number of hydrogen-bond acceptors (Lipinski definition) is 2. The third-order valence-corrected chi connectivity index (χ3v) is 3.15. The summed E-state index contributed by atoms with van der Waals surface area (Å²) in [4.78, 5) is 11.7. The Labute approximate surface area is 113 Å². The van der Waals surface area contributed by atoms with Gasteiger partial charge in [0, 0.05) is 8.59 Å². The standard InChI is InChI=1S/C11H10ClIN2O/c1-11(2,6-14)10(16)15-9-4-3-7(12)5-8(9)13/h3-5H,1-2H3,(H,15,16). The summed E-state index contributed by atoms with van der Waals surface area (Å²) in [5.41, 5.74) is -0.374. The van der Waals surface area contributed by atoms with Gasteiger partial charge in [-0.25, -0.2) is 0 Å². The van der Waals surface area contributed by atoms with Crippen molar-refractivity contribution in [2.45, 2.75) is 13.8 Å². The number of halogens is 2. The van der Waals surface area contributed by atoms with Crippen LogP contribution in [0.25, 0.3) is 0 Å². The van der Waals surface area contributed by atoms with Crippen LogP contribution in [0.4, 0.5) is 5.69 Å². The van der Waals surface area contributed by atoms with Gasteiger partial charge in [0.25, 0.3) is 0 Å². The molecule has 1 rings (SSSR count). The summed E-state index contributed by atoms with van der Waals surface area (Å²) in [5.74, 6) is -0.324. The fraction of sp³-hybridized carbons (Fsp3) is 0.273. The lowest BCUT2D eigenvalue weighted by Crippen LogP contribution is -2.29. The first kappa shape index (κ1) is 13.3. The van der Waals surface area contributed by atoms with E-state index in [1.165, 1.54) is 0 Å². The van der Waals surface area contributed by atoms with Crippen LogP contribution >= 0.6 is 34.2 Å². The second kappa shape index (κ2) is 5.02. The van der Waals surface area contributed by atoms with Gasteiger partial charge < -0.3 is 5.32 Å². The number of benzene rings is 1. The predicted molar refractivity (Wildman–Crippen MR) is 72.2 cm³/mol. The summed E-state index contributed by atoms with van der Waals surface area (Å²) in [5, 5.41) is 12.1. The Morgan fingerprint density at radius 3 is 2.69 bits per heavy atom. The highest BCUT2D eigenvalue weighted by atomic mass is 127. The van der Waals surface area contributed by atoms with Gasteiger partial charge in [-0.2, -0.15) is 5.26 Å². The average Bonchev–Trinajstić information content (AvgIpc) is 2.22. The molecule has 1 N–H and O–H groups in total. The molecule has 84 valence electrons. The van der Waals surface area contributed by atoms with Crippen LogP contribution in [0, 0.1) is 20.3 Å². The molecule has 0 atom stereocenters. The molecular formula is C11H10ClIN2O. The average molecular weight is 349 g/mol. The maximum atomic E-state index is 11.7. The molecule has 0 aliphatic carbocycles. The molecule has 0 unspecified atom stereocenters. The van der Waals surface area contributed by atoms with Crippen LogP contribution in [0.15, 0.2) is 18.2 Å². The summed E-state index contributed by atoms with van der Waals surface area (Å²) in [6, 6.07) is 7.11. The predicted octanol–water partition coefficient (Wildman–Crippen LogP) is 3.43. The van der Waals surface area contributed by atoms with E-state index in [9.17, 15) is 4.79 Å². The van der Waals surface area contributed by atoms with E-state index < -0.39 is 5.41 Å². The number of hydrogen-bond donors (Lipinski definition) is 1. The molecule has 1 aromatic rings. The first-order chi connectivity index (χ1) is 7.36. The molecule has 0 radical (unpaired) electrons. The Hall–Kier alpha value is -0.800. The van der Waals surface area contributed by atoms with Crippen LogP contribution in [0.2, 0.25) is 5.02 Å². The molecule has 0 saturated heterocycles. The van der Waals surface area contributed by atoms with Gasteiger partial charge in [0.2, 0.25) is 5.91 Å². The summed E-state index contributed by atoms with van der Waals surface area (Å²) >= 11 is 7.88. The van der Waals surface area contributed by atoms with Gasteiger partial charge in [0.1, 0.15) is 5.41 Å². The molecule has 0 heterocycles. The van der Waals surface area contributed by atoms with Crippen LogP contribution in [-0.4, -0.2) is 5.91 Å². The smallest absolute Gasteiger partial charge is 0.244 e. The zero-order valence-corrected chi connectivity index (χ0v) is 11.8. The number of anilines is 1. The molecular weight excluding hydrogens is 338 g/mol. The molecule has 0 spiro atoms. The molecule has 5 heteroatoms. The van der Waals surface area contributed by atoms with Gasteiger partial charge in [-0.3, -0.25) is 4.79 Å². The zero-order valence-electron chi connectivity index (χ0n) is 8.84. The lowest BCUT2D eigenvalue weighted by molar-refractivity contribution is -0.121. The van der Waals surface area contributed by atoms with Crippen LogP contribution in [0.1, 0.15) is 13.8 Å². The molecule has 0 aliphatic rings. The molecule has 1 amide bonds. The molecule has 16 heavy (non-hydrogen) atoms. The second-order valence-corrected chi connectivity index (χ2v) is 5.41. The number of nitrogens with zero attached hydrogens (tertiary/aromatic N) is 1. The largest absolute Gasteiger partial charge is 0.324 e. The maximum Gasteiger partial charge on any atom is 0.244 e. The van der Waals surface area contributed by atoms with Crippen molar-refractivity contribution in [2.75, 3.05) is 5.32 Å². The van der Waals surface area contributed by atoms with Crippen LogP contribution < -0.4 is 5.32 Å². The highest BCUT2D eigenvalue weighted by Crippen LogP contribution is 2.24. The van der Waals surface area contributed by atoms with Crippen LogP contribution in [-0.2, 0) is 4.79 Å². The first-order valence-corrected chi connectivity index (χ1v) is 6.00. The fourth-order valence-electron chi connectivity index (χ4n) is 0.920. The fourth-order valence-corrected chi connectivity index (χ4v) is 1.93. The van der Waals surface area contributed by atoms with Gasteiger partial charge in [-0.05, 0) is 54.6 Å². The Balaban J connectivity index is 2.91. The molecule has 3 nitrogen and oxygen atoms in total. The third kappa shape index (κ3) is 3.09. The van der Waals surface area contributed by atoms with E-state index in [0.717, 1.165) is 3.57 Å². The number of nitrogens with one attached hydrogen (secondary N) is 1. The second-order valence-electron chi connectivity index (χ2n) is 3.82. The Bertz CT molecular complexity index is 466. The zero-order chi connectivity index (χ0) is 12.3. The summed E-state index contributed by atoms with van der Waals surface area (Å²) in [7, 11) is 0. The van der Waals surface area contributed by atoms with Gasteiger partial charge in [-0.15, -0.1) is 0 Å². The van der Waals surface area contributed by atoms with Crippen molar-refractivity contribution in [2.24, 2.45) is 5.41 Å². The minimum absolute atomic E-state index is 0.324. The lowest BCUT2D eigenvalue weighted by atomic mass is 9.95. The number of carbonyl (C=O) groups excluding carboxylic acids is 1. The minimum Gasteiger partial charge on any atom is -0.324 e. The summed E-state index contributed by atoms with van der Waals surface area (Å²) in [6.45, 7) is 3.15. The first-order valence-electron chi connectivity index (χ1n) is 4.54. The molecule has 0 bridgehead atoms. The Kier molecular flexibility index (Phi) is 4.16. The number of nitriles is 1. The highest BCUT2D eigenvalue weighted by molar-refractivity contribution is 14.1. The Morgan fingerprint density at radius 1 is 1.56 bits per heavy atom. The van der Waals surface area contributed by atoms with Crippen molar-refractivity contribution in [3.8, 4) is 6.07 Å². The van der Waals surface area contributed by atoms with Crippen molar-refractivity contribution < 1.29 is 4.79 Å². The van der Waals surface area contributed by atoms with E-state index in [-0.39, 0.29) is 5.91 Å². The van der Waals surface area contributed by atoms with Crippen molar-refractivity contribution in [1.29, 1.82) is 5.26 Å². The van der Waals surface area contributed by atoms with Crippen LogP contribution in [0.5, 0.6) is 0 Å². The summed E-state index contributed by atoms with van der Waals surface area (Å²) in [6.07, 6.45) is 0. The number of rotatable bonds is 2.